The molecule has 1 N–H and O–H groups in total. The maximum absolute atomic E-state index is 12.8. The lowest BCUT2D eigenvalue weighted by molar-refractivity contribution is 0.0730. The van der Waals surface area contributed by atoms with Crippen LogP contribution in [0.2, 0.25) is 0 Å². The van der Waals surface area contributed by atoms with E-state index in [-0.39, 0.29) is 10.9 Å². The molecule has 1 fully saturated rings. The highest BCUT2D eigenvalue weighted by Gasteiger charge is 2.26. The maximum Gasteiger partial charge on any atom is 0.244 e. The van der Waals surface area contributed by atoms with Gasteiger partial charge in [0.1, 0.15) is 10.7 Å². The number of hydrogen-bond acceptors (Lipinski definition) is 5. The second kappa shape index (κ2) is 9.38. The van der Waals surface area contributed by atoms with E-state index in [9.17, 15) is 8.42 Å². The van der Waals surface area contributed by atoms with Crippen LogP contribution < -0.4 is 5.32 Å². The van der Waals surface area contributed by atoms with E-state index in [0.29, 0.717) is 32.1 Å². The Balaban J connectivity index is 1.53. The zero-order valence-electron chi connectivity index (χ0n) is 16.6. The molecule has 0 aliphatic carbocycles. The summed E-state index contributed by atoms with van der Waals surface area (Å²) in [5.74, 6) is 0.640. The molecule has 2 heterocycles. The minimum atomic E-state index is -3.54. The van der Waals surface area contributed by atoms with Gasteiger partial charge < -0.3 is 10.1 Å². The Kier molecular flexibility index (Phi) is 6.42. The summed E-state index contributed by atoms with van der Waals surface area (Å²) in [4.78, 5) is 4.60. The van der Waals surface area contributed by atoms with E-state index in [2.05, 4.69) is 34.6 Å². The molecule has 1 aromatic heterocycles. The third-order valence-electron chi connectivity index (χ3n) is 5.15. The first-order chi connectivity index (χ1) is 14.6. The van der Waals surface area contributed by atoms with Gasteiger partial charge >= 0.3 is 0 Å². The molecule has 0 saturated carbocycles. The summed E-state index contributed by atoms with van der Waals surface area (Å²) >= 11 is 0. The van der Waals surface area contributed by atoms with E-state index in [4.69, 9.17) is 4.74 Å². The molecule has 6 nitrogen and oxygen atoms in total. The summed E-state index contributed by atoms with van der Waals surface area (Å²) in [5, 5.41) is 3.46. The Labute approximate surface area is 177 Å². The maximum atomic E-state index is 12.8. The summed E-state index contributed by atoms with van der Waals surface area (Å²) < 4.78 is 32.3. The standard InChI is InChI=1S/C23H25N3O3S/c27-30(28,26-13-15-29-16-14-26)21-11-12-23(24-18-21)25-22(20-9-5-2-6-10-20)17-19-7-3-1-4-8-19/h1-12,18,22H,13-17H2,(H,24,25). The van der Waals surface area contributed by atoms with Crippen LogP contribution >= 0.6 is 0 Å². The number of sulfonamides is 1. The molecule has 1 unspecified atom stereocenters. The minimum absolute atomic E-state index is 0.0165. The van der Waals surface area contributed by atoms with Crippen molar-refractivity contribution in [3.63, 3.8) is 0 Å². The van der Waals surface area contributed by atoms with Crippen LogP contribution in [0.3, 0.4) is 0 Å². The van der Waals surface area contributed by atoms with E-state index >= 15 is 0 Å². The Bertz CT molecular complexity index is 1040. The number of nitrogens with one attached hydrogen (secondary N) is 1. The molecule has 2 aromatic carbocycles. The minimum Gasteiger partial charge on any atom is -0.379 e. The summed E-state index contributed by atoms with van der Waals surface area (Å²) in [6.07, 6.45) is 2.22. The van der Waals surface area contributed by atoms with Gasteiger partial charge in [-0.25, -0.2) is 13.4 Å². The van der Waals surface area contributed by atoms with E-state index < -0.39 is 10.0 Å². The van der Waals surface area contributed by atoms with Crippen molar-refractivity contribution < 1.29 is 13.2 Å². The number of nitrogens with zero attached hydrogens (tertiary/aromatic N) is 2. The molecule has 4 rings (SSSR count). The Morgan fingerprint density at radius 2 is 1.60 bits per heavy atom. The average Bonchev–Trinajstić information content (AvgIpc) is 2.81. The van der Waals surface area contributed by atoms with Crippen LogP contribution in [-0.2, 0) is 21.2 Å². The Hall–Kier alpha value is -2.74. The van der Waals surface area contributed by atoms with Crippen LogP contribution in [0.15, 0.2) is 83.9 Å². The number of pyridine rings is 1. The van der Waals surface area contributed by atoms with Gasteiger partial charge in [-0.15, -0.1) is 0 Å². The van der Waals surface area contributed by atoms with Crippen LogP contribution in [0.4, 0.5) is 5.82 Å². The van der Waals surface area contributed by atoms with Crippen molar-refractivity contribution >= 4 is 15.8 Å². The second-order valence-corrected chi connectivity index (χ2v) is 9.13. The van der Waals surface area contributed by atoms with Crippen molar-refractivity contribution in [1.82, 2.24) is 9.29 Å². The monoisotopic (exact) mass is 423 g/mol. The first kappa shape index (κ1) is 20.5. The summed E-state index contributed by atoms with van der Waals surface area (Å²) in [5.41, 5.74) is 2.36. The summed E-state index contributed by atoms with van der Waals surface area (Å²) in [6.45, 7) is 1.58. The van der Waals surface area contributed by atoms with Crippen molar-refractivity contribution in [3.8, 4) is 0 Å². The Morgan fingerprint density at radius 1 is 0.933 bits per heavy atom. The molecule has 1 atom stereocenters. The molecule has 1 aliphatic heterocycles. The third kappa shape index (κ3) is 4.87. The predicted molar refractivity (Wildman–Crippen MR) is 117 cm³/mol. The van der Waals surface area contributed by atoms with Gasteiger partial charge in [0.05, 0.1) is 19.3 Å². The van der Waals surface area contributed by atoms with Crippen LogP contribution in [0.5, 0.6) is 0 Å². The topological polar surface area (TPSA) is 71.5 Å². The van der Waals surface area contributed by atoms with Gasteiger partial charge in [0.25, 0.3) is 0 Å². The number of morpholine rings is 1. The number of rotatable bonds is 7. The second-order valence-electron chi connectivity index (χ2n) is 7.19. The van der Waals surface area contributed by atoms with Crippen molar-refractivity contribution in [3.05, 3.63) is 90.1 Å². The van der Waals surface area contributed by atoms with Gasteiger partial charge in [-0.2, -0.15) is 4.31 Å². The molecule has 0 radical (unpaired) electrons. The zero-order valence-corrected chi connectivity index (χ0v) is 17.5. The van der Waals surface area contributed by atoms with E-state index in [1.54, 1.807) is 12.1 Å². The molecule has 7 heteroatoms. The number of hydrogen-bond donors (Lipinski definition) is 1. The normalized spacial score (nSPS) is 16.1. The van der Waals surface area contributed by atoms with Crippen LogP contribution in [0.25, 0.3) is 0 Å². The van der Waals surface area contributed by atoms with Crippen LogP contribution in [-0.4, -0.2) is 44.0 Å². The lowest BCUT2D eigenvalue weighted by Gasteiger charge is -2.26. The lowest BCUT2D eigenvalue weighted by Crippen LogP contribution is -2.40. The SMILES string of the molecule is O=S(=O)(c1ccc(NC(Cc2ccccc2)c2ccccc2)nc1)N1CCOCC1. The predicted octanol–water partition coefficient (Wildman–Crippen LogP) is 3.50. The number of aromatic nitrogens is 1. The molecular weight excluding hydrogens is 398 g/mol. The molecular formula is C23H25N3O3S. The number of anilines is 1. The van der Waals surface area contributed by atoms with Crippen LogP contribution in [0, 0.1) is 0 Å². The molecule has 156 valence electrons. The molecule has 1 saturated heterocycles. The van der Waals surface area contributed by atoms with Gasteiger partial charge in [-0.1, -0.05) is 60.7 Å². The first-order valence-electron chi connectivity index (χ1n) is 10.0. The fourth-order valence-corrected chi connectivity index (χ4v) is 4.87. The fraction of sp³-hybridized carbons (Fsp3) is 0.261. The van der Waals surface area contributed by atoms with Crippen molar-refractivity contribution in [2.24, 2.45) is 0 Å². The largest absolute Gasteiger partial charge is 0.379 e. The summed E-state index contributed by atoms with van der Waals surface area (Å²) in [7, 11) is -3.54. The van der Waals surface area contributed by atoms with Crippen molar-refractivity contribution in [2.45, 2.75) is 17.4 Å². The molecule has 0 amide bonds. The fourth-order valence-electron chi connectivity index (χ4n) is 3.52. The lowest BCUT2D eigenvalue weighted by atomic mass is 9.99. The van der Waals surface area contributed by atoms with Gasteiger partial charge in [0.2, 0.25) is 10.0 Å². The molecule has 3 aromatic rings. The van der Waals surface area contributed by atoms with Crippen molar-refractivity contribution in [2.75, 3.05) is 31.6 Å². The quantitative estimate of drug-likeness (QED) is 0.630. The van der Waals surface area contributed by atoms with Gasteiger partial charge in [0.15, 0.2) is 0 Å². The van der Waals surface area contributed by atoms with E-state index in [0.717, 1.165) is 12.0 Å². The van der Waals surface area contributed by atoms with Gasteiger partial charge in [-0.3, -0.25) is 0 Å². The van der Waals surface area contributed by atoms with Crippen LogP contribution in [0.1, 0.15) is 17.2 Å². The Morgan fingerprint density at radius 3 is 2.23 bits per heavy atom. The van der Waals surface area contributed by atoms with Crippen molar-refractivity contribution in [1.29, 1.82) is 0 Å². The van der Waals surface area contributed by atoms with E-state index in [1.165, 1.54) is 16.1 Å². The number of ether oxygens (including phenoxy) is 1. The highest BCUT2D eigenvalue weighted by Crippen LogP contribution is 2.24. The molecule has 1 aliphatic rings. The number of benzene rings is 2. The van der Waals surface area contributed by atoms with Gasteiger partial charge in [-0.05, 0) is 29.7 Å². The molecule has 0 spiro atoms. The van der Waals surface area contributed by atoms with Gasteiger partial charge in [0, 0.05) is 19.3 Å². The average molecular weight is 424 g/mol. The third-order valence-corrected chi connectivity index (χ3v) is 7.03. The summed E-state index contributed by atoms with van der Waals surface area (Å²) in [6, 6.07) is 23.8. The highest BCUT2D eigenvalue weighted by atomic mass is 32.2. The zero-order chi connectivity index (χ0) is 20.8. The van der Waals surface area contributed by atoms with E-state index in [1.807, 2.05) is 36.4 Å². The molecule has 0 bridgehead atoms. The smallest absolute Gasteiger partial charge is 0.244 e. The first-order valence-corrected chi connectivity index (χ1v) is 11.5. The highest BCUT2D eigenvalue weighted by molar-refractivity contribution is 7.89. The molecule has 30 heavy (non-hydrogen) atoms.